The largest absolute Gasteiger partial charge is 0.383 e. The fraction of sp³-hybridized carbons (Fsp3) is 0.556. The van der Waals surface area contributed by atoms with Crippen LogP contribution in [0.4, 0.5) is 5.82 Å². The van der Waals surface area contributed by atoms with Gasteiger partial charge in [0.25, 0.3) is 0 Å². The van der Waals surface area contributed by atoms with Crippen molar-refractivity contribution in [3.8, 4) is 0 Å². The van der Waals surface area contributed by atoms with Gasteiger partial charge < -0.3 is 15.8 Å². The first-order valence-electron chi connectivity index (χ1n) is 4.51. The summed E-state index contributed by atoms with van der Waals surface area (Å²) < 4.78 is 5.01. The summed E-state index contributed by atoms with van der Waals surface area (Å²) in [5.74, 6) is 1.52. The van der Waals surface area contributed by atoms with Crippen molar-refractivity contribution < 1.29 is 4.74 Å². The second kappa shape index (κ2) is 5.51. The molecule has 1 unspecified atom stereocenters. The molecule has 1 heterocycles. The van der Waals surface area contributed by atoms with Crippen LogP contribution < -0.4 is 11.1 Å². The second-order valence-corrected chi connectivity index (χ2v) is 3.02. The van der Waals surface area contributed by atoms with Crippen molar-refractivity contribution in [2.24, 2.45) is 5.73 Å². The van der Waals surface area contributed by atoms with E-state index in [4.69, 9.17) is 10.5 Å². The summed E-state index contributed by atoms with van der Waals surface area (Å²) >= 11 is 0. The van der Waals surface area contributed by atoms with E-state index in [-0.39, 0.29) is 6.04 Å². The Bertz CT molecular complexity index is 279. The van der Waals surface area contributed by atoms with Crippen molar-refractivity contribution in [1.29, 1.82) is 0 Å². The summed E-state index contributed by atoms with van der Waals surface area (Å²) in [5, 5.41) is 3.17. The zero-order valence-corrected chi connectivity index (χ0v) is 8.53. The van der Waals surface area contributed by atoms with E-state index >= 15 is 0 Å². The molecule has 0 saturated carbocycles. The SMILES string of the molecule is COCC(CN)Nc1ccnc(C)n1. The highest BCUT2D eigenvalue weighted by molar-refractivity contribution is 5.34. The summed E-state index contributed by atoms with van der Waals surface area (Å²) in [7, 11) is 1.65. The first-order chi connectivity index (χ1) is 6.76. The highest BCUT2D eigenvalue weighted by atomic mass is 16.5. The second-order valence-electron chi connectivity index (χ2n) is 3.02. The van der Waals surface area contributed by atoms with Gasteiger partial charge in [-0.1, -0.05) is 0 Å². The van der Waals surface area contributed by atoms with Crippen molar-refractivity contribution in [2.75, 3.05) is 25.6 Å². The Morgan fingerprint density at radius 2 is 2.43 bits per heavy atom. The van der Waals surface area contributed by atoms with Gasteiger partial charge in [-0.2, -0.15) is 0 Å². The van der Waals surface area contributed by atoms with Crippen LogP contribution in [-0.4, -0.2) is 36.3 Å². The fourth-order valence-corrected chi connectivity index (χ4v) is 1.12. The van der Waals surface area contributed by atoms with Gasteiger partial charge in [0.05, 0.1) is 12.6 Å². The molecule has 0 radical (unpaired) electrons. The zero-order chi connectivity index (χ0) is 10.4. The molecule has 0 aromatic carbocycles. The minimum atomic E-state index is 0.0919. The molecule has 0 aliphatic rings. The summed E-state index contributed by atoms with van der Waals surface area (Å²) in [6, 6.07) is 1.90. The van der Waals surface area contributed by atoms with E-state index in [1.165, 1.54) is 0 Å². The molecular weight excluding hydrogens is 180 g/mol. The van der Waals surface area contributed by atoms with E-state index in [1.54, 1.807) is 13.3 Å². The van der Waals surface area contributed by atoms with Gasteiger partial charge >= 0.3 is 0 Å². The number of ether oxygens (including phenoxy) is 1. The van der Waals surface area contributed by atoms with Gasteiger partial charge in [-0.15, -0.1) is 0 Å². The number of anilines is 1. The molecule has 1 aromatic heterocycles. The molecular formula is C9H16N4O. The van der Waals surface area contributed by atoms with Crippen LogP contribution in [0.25, 0.3) is 0 Å². The Balaban J connectivity index is 2.57. The number of rotatable bonds is 5. The molecule has 0 saturated heterocycles. The number of aromatic nitrogens is 2. The highest BCUT2D eigenvalue weighted by Crippen LogP contribution is 2.03. The Kier molecular flexibility index (Phi) is 4.28. The van der Waals surface area contributed by atoms with Gasteiger partial charge in [0.2, 0.25) is 0 Å². The number of methoxy groups -OCH3 is 1. The molecule has 1 atom stereocenters. The zero-order valence-electron chi connectivity index (χ0n) is 8.53. The number of hydrogen-bond acceptors (Lipinski definition) is 5. The molecule has 0 amide bonds. The predicted molar refractivity (Wildman–Crippen MR) is 55.1 cm³/mol. The maximum Gasteiger partial charge on any atom is 0.129 e. The standard InChI is InChI=1S/C9H16N4O/c1-7-11-4-3-9(12-7)13-8(5-10)6-14-2/h3-4,8H,5-6,10H2,1-2H3,(H,11,12,13). The molecule has 78 valence electrons. The third-order valence-corrected chi connectivity index (χ3v) is 1.78. The Morgan fingerprint density at radius 1 is 1.64 bits per heavy atom. The average Bonchev–Trinajstić information content (AvgIpc) is 2.17. The third-order valence-electron chi connectivity index (χ3n) is 1.78. The molecule has 0 aliphatic heterocycles. The van der Waals surface area contributed by atoms with Crippen LogP contribution in [0.2, 0.25) is 0 Å². The lowest BCUT2D eigenvalue weighted by molar-refractivity contribution is 0.187. The molecule has 3 N–H and O–H groups in total. The van der Waals surface area contributed by atoms with E-state index in [0.29, 0.717) is 13.2 Å². The lowest BCUT2D eigenvalue weighted by Crippen LogP contribution is -2.33. The van der Waals surface area contributed by atoms with E-state index in [1.807, 2.05) is 13.0 Å². The van der Waals surface area contributed by atoms with E-state index in [0.717, 1.165) is 11.6 Å². The van der Waals surface area contributed by atoms with Crippen molar-refractivity contribution >= 4 is 5.82 Å². The molecule has 1 rings (SSSR count). The van der Waals surface area contributed by atoms with E-state index < -0.39 is 0 Å². The van der Waals surface area contributed by atoms with Gasteiger partial charge in [-0.25, -0.2) is 9.97 Å². The summed E-state index contributed by atoms with van der Waals surface area (Å²) in [4.78, 5) is 8.22. The third kappa shape index (κ3) is 3.27. The number of aryl methyl sites for hydroxylation is 1. The highest BCUT2D eigenvalue weighted by Gasteiger charge is 2.06. The average molecular weight is 196 g/mol. The molecule has 5 heteroatoms. The molecule has 0 bridgehead atoms. The van der Waals surface area contributed by atoms with Crippen LogP contribution >= 0.6 is 0 Å². The van der Waals surface area contributed by atoms with Crippen molar-refractivity contribution in [2.45, 2.75) is 13.0 Å². The van der Waals surface area contributed by atoms with Crippen molar-refractivity contribution in [3.63, 3.8) is 0 Å². The molecule has 0 aliphatic carbocycles. The van der Waals surface area contributed by atoms with Gasteiger partial charge in [-0.3, -0.25) is 0 Å². The normalized spacial score (nSPS) is 12.5. The van der Waals surface area contributed by atoms with E-state index in [2.05, 4.69) is 15.3 Å². The summed E-state index contributed by atoms with van der Waals surface area (Å²) in [6.07, 6.45) is 1.71. The van der Waals surface area contributed by atoms with Crippen LogP contribution in [0.3, 0.4) is 0 Å². The molecule has 0 fully saturated rings. The Labute approximate surface area is 83.7 Å². The maximum atomic E-state index is 5.56. The molecule has 1 aromatic rings. The number of nitrogens with one attached hydrogen (secondary N) is 1. The molecule has 14 heavy (non-hydrogen) atoms. The monoisotopic (exact) mass is 196 g/mol. The minimum absolute atomic E-state index is 0.0919. The van der Waals surface area contributed by atoms with Gasteiger partial charge in [0.1, 0.15) is 11.6 Å². The van der Waals surface area contributed by atoms with Gasteiger partial charge in [0.15, 0.2) is 0 Å². The summed E-state index contributed by atoms with van der Waals surface area (Å²) in [6.45, 7) is 2.93. The van der Waals surface area contributed by atoms with Crippen LogP contribution in [0.5, 0.6) is 0 Å². The number of nitrogens with two attached hydrogens (primary N) is 1. The van der Waals surface area contributed by atoms with Gasteiger partial charge in [0, 0.05) is 19.9 Å². The lowest BCUT2D eigenvalue weighted by atomic mass is 10.3. The molecule has 5 nitrogen and oxygen atoms in total. The lowest BCUT2D eigenvalue weighted by Gasteiger charge is -2.16. The fourth-order valence-electron chi connectivity index (χ4n) is 1.12. The Morgan fingerprint density at radius 3 is 3.00 bits per heavy atom. The number of hydrogen-bond donors (Lipinski definition) is 2. The Hall–Kier alpha value is -1.20. The maximum absolute atomic E-state index is 5.56. The first kappa shape index (κ1) is 10.9. The van der Waals surface area contributed by atoms with Gasteiger partial charge in [-0.05, 0) is 13.0 Å². The molecule has 0 spiro atoms. The number of nitrogens with zero attached hydrogens (tertiary/aromatic N) is 2. The quantitative estimate of drug-likeness (QED) is 0.702. The predicted octanol–water partition coefficient (Wildman–Crippen LogP) is 0.171. The first-order valence-corrected chi connectivity index (χ1v) is 4.51. The van der Waals surface area contributed by atoms with Crippen LogP contribution in [0.15, 0.2) is 12.3 Å². The van der Waals surface area contributed by atoms with E-state index in [9.17, 15) is 0 Å². The van der Waals surface area contributed by atoms with Crippen molar-refractivity contribution in [3.05, 3.63) is 18.1 Å². The van der Waals surface area contributed by atoms with Crippen LogP contribution in [-0.2, 0) is 4.74 Å². The minimum Gasteiger partial charge on any atom is -0.383 e. The topological polar surface area (TPSA) is 73.1 Å². The van der Waals surface area contributed by atoms with Crippen LogP contribution in [0, 0.1) is 6.92 Å². The van der Waals surface area contributed by atoms with Crippen molar-refractivity contribution in [1.82, 2.24) is 9.97 Å². The smallest absolute Gasteiger partial charge is 0.129 e. The van der Waals surface area contributed by atoms with Crippen LogP contribution in [0.1, 0.15) is 5.82 Å². The summed E-state index contributed by atoms with van der Waals surface area (Å²) in [5.41, 5.74) is 5.56.